The van der Waals surface area contributed by atoms with E-state index < -0.39 is 0 Å². The third-order valence-corrected chi connectivity index (χ3v) is 3.37. The third kappa shape index (κ3) is 1.81. The Morgan fingerprint density at radius 3 is 3.15 bits per heavy atom. The van der Waals surface area contributed by atoms with Gasteiger partial charge < -0.3 is 9.53 Å². The largest absolute Gasteiger partial charge is 0.380 e. The Hall–Kier alpha value is -0.670. The van der Waals surface area contributed by atoms with Crippen molar-refractivity contribution in [2.75, 3.05) is 13.2 Å². The molecule has 0 aromatic carbocycles. The molecule has 1 aromatic heterocycles. The van der Waals surface area contributed by atoms with Crippen molar-refractivity contribution >= 4 is 17.6 Å². The van der Waals surface area contributed by atoms with Crippen molar-refractivity contribution in [3.8, 4) is 0 Å². The second-order valence-electron chi connectivity index (χ2n) is 3.54. The molecule has 2 nitrogen and oxygen atoms in total. The highest BCUT2D eigenvalue weighted by molar-refractivity contribution is 7.09. The van der Waals surface area contributed by atoms with E-state index in [4.69, 9.17) is 4.74 Å². The van der Waals surface area contributed by atoms with Crippen molar-refractivity contribution in [1.29, 1.82) is 0 Å². The number of ether oxygens (including phenoxy) is 1. The van der Waals surface area contributed by atoms with Gasteiger partial charge in [0.05, 0.1) is 12.0 Å². The van der Waals surface area contributed by atoms with Gasteiger partial charge in [-0.3, -0.25) is 0 Å². The van der Waals surface area contributed by atoms with Gasteiger partial charge in [-0.25, -0.2) is 0 Å². The average molecular weight is 196 g/mol. The molecule has 1 atom stereocenters. The van der Waals surface area contributed by atoms with E-state index in [0.29, 0.717) is 6.61 Å². The van der Waals surface area contributed by atoms with Crippen LogP contribution in [0.3, 0.4) is 0 Å². The lowest BCUT2D eigenvalue weighted by molar-refractivity contribution is -0.116. The molecule has 0 saturated carbocycles. The number of hydrogen-bond acceptors (Lipinski definition) is 3. The first-order valence-electron chi connectivity index (χ1n) is 4.41. The molecule has 1 aliphatic rings. The molecule has 1 saturated heterocycles. The second kappa shape index (κ2) is 3.60. The zero-order valence-electron chi connectivity index (χ0n) is 7.36. The summed E-state index contributed by atoms with van der Waals surface area (Å²) < 4.78 is 5.27. The molecule has 0 radical (unpaired) electrons. The molecule has 0 amide bonds. The maximum atomic E-state index is 11.0. The molecule has 0 N–H and O–H groups in total. The van der Waals surface area contributed by atoms with Crippen LogP contribution in [0.2, 0.25) is 0 Å². The van der Waals surface area contributed by atoms with Gasteiger partial charge in [-0.2, -0.15) is 0 Å². The minimum absolute atomic E-state index is 0.231. The van der Waals surface area contributed by atoms with E-state index in [2.05, 4.69) is 6.07 Å². The molecule has 1 aliphatic heterocycles. The first kappa shape index (κ1) is 8.91. The molecule has 0 aliphatic carbocycles. The fourth-order valence-corrected chi connectivity index (χ4v) is 2.52. The fraction of sp³-hybridized carbons (Fsp3) is 0.500. The second-order valence-corrected chi connectivity index (χ2v) is 4.57. The van der Waals surface area contributed by atoms with Crippen LogP contribution < -0.4 is 0 Å². The number of hydrogen-bond donors (Lipinski definition) is 0. The van der Waals surface area contributed by atoms with E-state index in [9.17, 15) is 4.79 Å². The number of aldehydes is 1. The maximum absolute atomic E-state index is 11.0. The third-order valence-electron chi connectivity index (χ3n) is 2.49. The predicted octanol–water partition coefficient (Wildman–Crippen LogP) is 1.90. The quantitative estimate of drug-likeness (QED) is 0.690. The van der Waals surface area contributed by atoms with E-state index in [-0.39, 0.29) is 5.41 Å². The molecule has 3 heteroatoms. The van der Waals surface area contributed by atoms with E-state index >= 15 is 0 Å². The summed E-state index contributed by atoms with van der Waals surface area (Å²) in [6.07, 6.45) is 2.78. The highest BCUT2D eigenvalue weighted by atomic mass is 32.1. The predicted molar refractivity (Wildman–Crippen MR) is 52.0 cm³/mol. The number of carbonyl (C=O) groups excluding carboxylic acids is 1. The van der Waals surface area contributed by atoms with Gasteiger partial charge in [0.25, 0.3) is 0 Å². The average Bonchev–Trinajstić information content (AvgIpc) is 2.77. The molecule has 1 aromatic rings. The first-order valence-corrected chi connectivity index (χ1v) is 5.29. The summed E-state index contributed by atoms with van der Waals surface area (Å²) in [6.45, 7) is 1.32. The standard InChI is InChI=1S/C10H12O2S/c11-7-10(3-4-12-8-10)6-9-2-1-5-13-9/h1-2,5,7H,3-4,6,8H2. The normalized spacial score (nSPS) is 27.7. The van der Waals surface area contributed by atoms with E-state index in [1.165, 1.54) is 4.88 Å². The van der Waals surface area contributed by atoms with Crippen LogP contribution in [0.1, 0.15) is 11.3 Å². The Morgan fingerprint density at radius 2 is 2.62 bits per heavy atom. The van der Waals surface area contributed by atoms with Crippen LogP contribution in [0.15, 0.2) is 17.5 Å². The Bertz CT molecular complexity index is 273. The number of thiophene rings is 1. The fourth-order valence-electron chi connectivity index (χ4n) is 1.66. The van der Waals surface area contributed by atoms with Crippen molar-refractivity contribution in [2.45, 2.75) is 12.8 Å². The summed E-state index contributed by atoms with van der Waals surface area (Å²) in [5, 5.41) is 2.05. The lowest BCUT2D eigenvalue weighted by Gasteiger charge is -2.18. The van der Waals surface area contributed by atoms with Gasteiger partial charge in [0.2, 0.25) is 0 Å². The zero-order chi connectivity index (χ0) is 9.15. The van der Waals surface area contributed by atoms with E-state index in [1.54, 1.807) is 11.3 Å². The molecule has 70 valence electrons. The van der Waals surface area contributed by atoms with Crippen LogP contribution in [0, 0.1) is 5.41 Å². The SMILES string of the molecule is O=CC1(Cc2cccs2)CCOC1. The summed E-state index contributed by atoms with van der Waals surface area (Å²) in [6, 6.07) is 4.10. The van der Waals surface area contributed by atoms with Crippen LogP contribution in [0.25, 0.3) is 0 Å². The monoisotopic (exact) mass is 196 g/mol. The molecule has 13 heavy (non-hydrogen) atoms. The maximum Gasteiger partial charge on any atom is 0.128 e. The molecular formula is C10H12O2S. The smallest absolute Gasteiger partial charge is 0.128 e. The molecule has 0 spiro atoms. The van der Waals surface area contributed by atoms with Crippen LogP contribution in [0.5, 0.6) is 0 Å². The Kier molecular flexibility index (Phi) is 2.47. The van der Waals surface area contributed by atoms with Gasteiger partial charge in [-0.1, -0.05) is 6.07 Å². The Labute approximate surface area is 81.5 Å². The summed E-state index contributed by atoms with van der Waals surface area (Å²) in [4.78, 5) is 12.3. The highest BCUT2D eigenvalue weighted by Crippen LogP contribution is 2.31. The van der Waals surface area contributed by atoms with Gasteiger partial charge in [0, 0.05) is 11.5 Å². The van der Waals surface area contributed by atoms with Crippen molar-refractivity contribution in [3.63, 3.8) is 0 Å². The van der Waals surface area contributed by atoms with Gasteiger partial charge in [-0.05, 0) is 24.3 Å². The minimum Gasteiger partial charge on any atom is -0.380 e. The van der Waals surface area contributed by atoms with Crippen LogP contribution in [-0.2, 0) is 16.0 Å². The lowest BCUT2D eigenvalue weighted by Crippen LogP contribution is -2.25. The molecule has 1 fully saturated rings. The van der Waals surface area contributed by atoms with E-state index in [0.717, 1.165) is 25.7 Å². The van der Waals surface area contributed by atoms with Crippen molar-refractivity contribution < 1.29 is 9.53 Å². The molecule has 0 bridgehead atoms. The summed E-state index contributed by atoms with van der Waals surface area (Å²) in [5.74, 6) is 0. The minimum atomic E-state index is -0.231. The first-order chi connectivity index (χ1) is 6.35. The van der Waals surface area contributed by atoms with E-state index in [1.807, 2.05) is 11.4 Å². The van der Waals surface area contributed by atoms with Gasteiger partial charge in [-0.15, -0.1) is 11.3 Å². The number of rotatable bonds is 3. The Morgan fingerprint density at radius 1 is 1.69 bits per heavy atom. The zero-order valence-corrected chi connectivity index (χ0v) is 8.18. The lowest BCUT2D eigenvalue weighted by atomic mass is 9.85. The van der Waals surface area contributed by atoms with Crippen LogP contribution >= 0.6 is 11.3 Å². The highest BCUT2D eigenvalue weighted by Gasteiger charge is 2.34. The van der Waals surface area contributed by atoms with Crippen molar-refractivity contribution in [1.82, 2.24) is 0 Å². The van der Waals surface area contributed by atoms with Gasteiger partial charge >= 0.3 is 0 Å². The Balaban J connectivity index is 2.10. The van der Waals surface area contributed by atoms with Gasteiger partial charge in [0.1, 0.15) is 6.29 Å². The molecular weight excluding hydrogens is 184 g/mol. The van der Waals surface area contributed by atoms with Crippen LogP contribution in [0.4, 0.5) is 0 Å². The molecule has 2 rings (SSSR count). The summed E-state index contributed by atoms with van der Waals surface area (Å²) >= 11 is 1.71. The van der Waals surface area contributed by atoms with Crippen molar-refractivity contribution in [3.05, 3.63) is 22.4 Å². The van der Waals surface area contributed by atoms with Gasteiger partial charge in [0.15, 0.2) is 0 Å². The topological polar surface area (TPSA) is 26.3 Å². The molecule has 2 heterocycles. The van der Waals surface area contributed by atoms with Crippen LogP contribution in [-0.4, -0.2) is 19.5 Å². The summed E-state index contributed by atoms with van der Waals surface area (Å²) in [7, 11) is 0. The summed E-state index contributed by atoms with van der Waals surface area (Å²) in [5.41, 5.74) is -0.231. The molecule has 1 unspecified atom stereocenters. The number of carbonyl (C=O) groups is 1. The van der Waals surface area contributed by atoms with Crippen molar-refractivity contribution in [2.24, 2.45) is 5.41 Å².